The van der Waals surface area contributed by atoms with E-state index >= 15 is 0 Å². The van der Waals surface area contributed by atoms with Gasteiger partial charge in [-0.25, -0.2) is 0 Å². The van der Waals surface area contributed by atoms with Gasteiger partial charge in [-0.3, -0.25) is 9.59 Å². The summed E-state index contributed by atoms with van der Waals surface area (Å²) in [7, 11) is 0. The van der Waals surface area contributed by atoms with Crippen molar-refractivity contribution in [3.05, 3.63) is 29.8 Å². The summed E-state index contributed by atoms with van der Waals surface area (Å²) in [5, 5.41) is 2.94. The maximum atomic E-state index is 12.9. The molecule has 1 aliphatic carbocycles. The van der Waals surface area contributed by atoms with E-state index in [1.807, 2.05) is 0 Å². The smallest absolute Gasteiger partial charge is 0.387 e. The molecule has 1 heterocycles. The Morgan fingerprint density at radius 2 is 2.00 bits per heavy atom. The lowest BCUT2D eigenvalue weighted by Crippen LogP contribution is -2.51. The molecule has 0 aromatic heterocycles. The number of carbonyl (C=O) groups is 2. The normalized spacial score (nSPS) is 20.9. The van der Waals surface area contributed by atoms with Crippen LogP contribution in [-0.4, -0.2) is 48.5 Å². The van der Waals surface area contributed by atoms with Gasteiger partial charge in [0.1, 0.15) is 11.8 Å². The van der Waals surface area contributed by atoms with E-state index in [1.165, 1.54) is 23.1 Å². The highest BCUT2D eigenvalue weighted by Crippen LogP contribution is 2.32. The van der Waals surface area contributed by atoms with Crippen molar-refractivity contribution < 1.29 is 23.1 Å². The second kappa shape index (κ2) is 7.99. The van der Waals surface area contributed by atoms with Crippen molar-refractivity contribution in [2.75, 3.05) is 13.1 Å². The zero-order valence-corrected chi connectivity index (χ0v) is 14.4. The van der Waals surface area contributed by atoms with Gasteiger partial charge in [-0.1, -0.05) is 12.1 Å². The number of ether oxygens (including phenoxy) is 1. The zero-order valence-electron chi connectivity index (χ0n) is 14.4. The van der Waals surface area contributed by atoms with E-state index < -0.39 is 18.6 Å². The van der Waals surface area contributed by atoms with Crippen molar-refractivity contribution in [3.8, 4) is 5.75 Å². The number of para-hydroxylation sites is 1. The maximum absolute atomic E-state index is 12.9. The minimum Gasteiger partial charge on any atom is -0.434 e. The number of benzene rings is 1. The first-order chi connectivity index (χ1) is 12.5. The fourth-order valence-electron chi connectivity index (χ4n) is 3.43. The zero-order chi connectivity index (χ0) is 18.7. The highest BCUT2D eigenvalue weighted by Gasteiger charge is 2.38. The molecule has 3 rings (SSSR count). The monoisotopic (exact) mass is 367 g/mol. The van der Waals surface area contributed by atoms with E-state index in [0.717, 1.165) is 12.8 Å². The molecule has 1 aromatic carbocycles. The maximum Gasteiger partial charge on any atom is 0.387 e. The number of carbonyl (C=O) groups excluding carboxylic acids is 2. The lowest BCUT2D eigenvalue weighted by Gasteiger charge is -2.27. The highest BCUT2D eigenvalue weighted by molar-refractivity contribution is 6.00. The van der Waals surface area contributed by atoms with Gasteiger partial charge >= 0.3 is 6.61 Å². The van der Waals surface area contributed by atoms with Gasteiger partial charge in [-0.15, -0.1) is 0 Å². The molecule has 0 bridgehead atoms. The van der Waals surface area contributed by atoms with E-state index in [9.17, 15) is 18.4 Å². The molecule has 1 saturated heterocycles. The molecule has 2 fully saturated rings. The molecule has 2 aliphatic rings. The molecule has 26 heavy (non-hydrogen) atoms. The van der Waals surface area contributed by atoms with Crippen LogP contribution in [0.5, 0.6) is 5.75 Å². The number of likely N-dealkylation sites (tertiary alicyclic amines) is 1. The van der Waals surface area contributed by atoms with Gasteiger partial charge in [0.15, 0.2) is 0 Å². The molecule has 1 aromatic rings. The Morgan fingerprint density at radius 3 is 2.65 bits per heavy atom. The van der Waals surface area contributed by atoms with Gasteiger partial charge < -0.3 is 20.7 Å². The van der Waals surface area contributed by atoms with Crippen LogP contribution in [0, 0.1) is 5.92 Å². The number of amides is 2. The molecule has 0 radical (unpaired) electrons. The quantitative estimate of drug-likeness (QED) is 0.769. The largest absolute Gasteiger partial charge is 0.434 e. The molecule has 2 unspecified atom stereocenters. The third-order valence-electron chi connectivity index (χ3n) is 4.92. The number of nitrogens with zero attached hydrogens (tertiary/aromatic N) is 1. The molecular weight excluding hydrogens is 344 g/mol. The van der Waals surface area contributed by atoms with Crippen LogP contribution in [0.4, 0.5) is 8.78 Å². The third kappa shape index (κ3) is 4.12. The first-order valence-electron chi connectivity index (χ1n) is 8.86. The SMILES string of the molecule is NCC(NC(=O)C1CCCN1C(=O)c1ccccc1OC(F)F)C1CC1. The fourth-order valence-corrected chi connectivity index (χ4v) is 3.43. The molecule has 1 aliphatic heterocycles. The molecule has 1 saturated carbocycles. The molecule has 142 valence electrons. The molecule has 6 nitrogen and oxygen atoms in total. The van der Waals surface area contributed by atoms with Crippen molar-refractivity contribution in [2.45, 2.75) is 44.4 Å². The summed E-state index contributed by atoms with van der Waals surface area (Å²) in [6, 6.07) is 5.16. The average molecular weight is 367 g/mol. The van der Waals surface area contributed by atoms with E-state index in [2.05, 4.69) is 10.1 Å². The number of hydrogen-bond donors (Lipinski definition) is 2. The van der Waals surface area contributed by atoms with Crippen molar-refractivity contribution in [3.63, 3.8) is 0 Å². The van der Waals surface area contributed by atoms with Crippen LogP contribution >= 0.6 is 0 Å². The number of alkyl halides is 2. The Bertz CT molecular complexity index is 667. The first-order valence-corrected chi connectivity index (χ1v) is 8.86. The van der Waals surface area contributed by atoms with Crippen LogP contribution < -0.4 is 15.8 Å². The Labute approximate surface area is 150 Å². The first kappa shape index (κ1) is 18.6. The summed E-state index contributed by atoms with van der Waals surface area (Å²) in [5.74, 6) is -0.480. The Hall–Kier alpha value is -2.22. The topological polar surface area (TPSA) is 84.7 Å². The number of halogens is 2. The van der Waals surface area contributed by atoms with Gasteiger partial charge in [0, 0.05) is 19.1 Å². The van der Waals surface area contributed by atoms with Crippen LogP contribution in [0.1, 0.15) is 36.0 Å². The Morgan fingerprint density at radius 1 is 1.27 bits per heavy atom. The number of nitrogens with one attached hydrogen (secondary N) is 1. The van der Waals surface area contributed by atoms with Crippen molar-refractivity contribution in [1.82, 2.24) is 10.2 Å². The Kier molecular flexibility index (Phi) is 5.70. The molecule has 0 spiro atoms. The van der Waals surface area contributed by atoms with Crippen LogP contribution in [-0.2, 0) is 4.79 Å². The van der Waals surface area contributed by atoms with Crippen molar-refractivity contribution >= 4 is 11.8 Å². The average Bonchev–Trinajstić information content (AvgIpc) is 3.34. The summed E-state index contributed by atoms with van der Waals surface area (Å²) in [6.45, 7) is -2.26. The lowest BCUT2D eigenvalue weighted by molar-refractivity contribution is -0.125. The molecule has 2 atom stereocenters. The molecule has 2 amide bonds. The van der Waals surface area contributed by atoms with E-state index in [1.54, 1.807) is 6.07 Å². The number of hydrogen-bond acceptors (Lipinski definition) is 4. The summed E-state index contributed by atoms with van der Waals surface area (Å²) in [4.78, 5) is 26.9. The predicted octanol–water partition coefficient (Wildman–Crippen LogP) is 1.75. The second-order valence-corrected chi connectivity index (χ2v) is 6.72. The van der Waals surface area contributed by atoms with E-state index in [0.29, 0.717) is 31.8 Å². The summed E-state index contributed by atoms with van der Waals surface area (Å²) >= 11 is 0. The van der Waals surface area contributed by atoms with Crippen LogP contribution in [0.2, 0.25) is 0 Å². The predicted molar refractivity (Wildman–Crippen MR) is 90.8 cm³/mol. The lowest BCUT2D eigenvalue weighted by atomic mass is 10.1. The summed E-state index contributed by atoms with van der Waals surface area (Å²) in [5.41, 5.74) is 5.76. The standard InChI is InChI=1S/C18H23F2N3O3/c19-18(20)26-15-6-2-1-4-12(15)17(25)23-9-3-5-14(23)16(24)22-13(10-21)11-7-8-11/h1-2,4,6,11,13-14,18H,3,5,7-10,21H2,(H,22,24). The fraction of sp³-hybridized carbons (Fsp3) is 0.556. The van der Waals surface area contributed by atoms with Crippen LogP contribution in [0.25, 0.3) is 0 Å². The highest BCUT2D eigenvalue weighted by atomic mass is 19.3. The minimum atomic E-state index is -3.02. The third-order valence-corrected chi connectivity index (χ3v) is 4.92. The van der Waals surface area contributed by atoms with Gasteiger partial charge in [-0.05, 0) is 43.7 Å². The molecular formula is C18H23F2N3O3. The van der Waals surface area contributed by atoms with Crippen LogP contribution in [0.3, 0.4) is 0 Å². The van der Waals surface area contributed by atoms with E-state index in [-0.39, 0.29) is 23.3 Å². The van der Waals surface area contributed by atoms with E-state index in [4.69, 9.17) is 5.73 Å². The minimum absolute atomic E-state index is 0.0325. The second-order valence-electron chi connectivity index (χ2n) is 6.72. The van der Waals surface area contributed by atoms with Gasteiger partial charge in [0.25, 0.3) is 5.91 Å². The van der Waals surface area contributed by atoms with Crippen molar-refractivity contribution in [2.24, 2.45) is 11.7 Å². The summed E-state index contributed by atoms with van der Waals surface area (Å²) in [6.07, 6.45) is 3.32. The van der Waals surface area contributed by atoms with Gasteiger partial charge in [0.2, 0.25) is 5.91 Å². The molecule has 3 N–H and O–H groups in total. The molecule has 8 heteroatoms. The number of rotatable bonds is 7. The van der Waals surface area contributed by atoms with Gasteiger partial charge in [0.05, 0.1) is 5.56 Å². The summed E-state index contributed by atoms with van der Waals surface area (Å²) < 4.78 is 29.6. The number of nitrogens with two attached hydrogens (primary N) is 1. The Balaban J connectivity index is 1.73. The van der Waals surface area contributed by atoms with Crippen LogP contribution in [0.15, 0.2) is 24.3 Å². The van der Waals surface area contributed by atoms with Crippen molar-refractivity contribution in [1.29, 1.82) is 0 Å². The van der Waals surface area contributed by atoms with Gasteiger partial charge in [-0.2, -0.15) is 8.78 Å².